The summed E-state index contributed by atoms with van der Waals surface area (Å²) in [6.07, 6.45) is 7.66. The number of carbonyl (C=O) groups is 3. The minimum absolute atomic E-state index is 0.0765. The summed E-state index contributed by atoms with van der Waals surface area (Å²) in [6, 6.07) is 11.9. The molecule has 0 saturated heterocycles. The summed E-state index contributed by atoms with van der Waals surface area (Å²) in [5.41, 5.74) is 15.1. The Hall–Kier alpha value is -3.98. The number of Topliss-reactive ketones (excluding diaryl/α,β-unsaturated/α-hetero) is 1. The number of phenolic OH excluding ortho intramolecular Hbond substituents is 1. The molecule has 0 spiro atoms. The van der Waals surface area contributed by atoms with E-state index in [1.807, 2.05) is 89.6 Å². The van der Waals surface area contributed by atoms with Crippen molar-refractivity contribution in [1.82, 2.24) is 14.9 Å². The molecule has 2 amide bonds. The molecule has 0 bridgehead atoms. The number of hydrogen-bond acceptors (Lipinski definition) is 6. The van der Waals surface area contributed by atoms with Gasteiger partial charge in [-0.2, -0.15) is 0 Å². The van der Waals surface area contributed by atoms with Gasteiger partial charge in [0.25, 0.3) is 0 Å². The summed E-state index contributed by atoms with van der Waals surface area (Å²) in [4.78, 5) is 39.1. The number of nitrogens with two attached hydrogens (primary N) is 2. The average molecular weight is 596 g/mol. The highest BCUT2D eigenvalue weighted by Gasteiger charge is 2.22. The maximum atomic E-state index is 12.5. The molecular weight excluding hydrogens is 542 g/mol. The molecule has 1 aromatic heterocycles. The highest BCUT2D eigenvalue weighted by molar-refractivity contribution is 5.89. The van der Waals surface area contributed by atoms with Gasteiger partial charge in [0, 0.05) is 24.9 Å². The molecule has 0 aliphatic carbocycles. The van der Waals surface area contributed by atoms with Crippen LogP contribution in [0.3, 0.4) is 0 Å². The van der Waals surface area contributed by atoms with Crippen LogP contribution in [0.5, 0.6) is 5.75 Å². The molecule has 6 N–H and O–H groups in total. The van der Waals surface area contributed by atoms with Gasteiger partial charge in [-0.05, 0) is 80.8 Å². The lowest BCUT2D eigenvalue weighted by Gasteiger charge is -2.20. The molecule has 0 saturated carbocycles. The van der Waals surface area contributed by atoms with Crippen molar-refractivity contribution in [3.8, 4) is 5.75 Å². The van der Waals surface area contributed by atoms with E-state index in [0.717, 1.165) is 41.6 Å². The van der Waals surface area contributed by atoms with Gasteiger partial charge in [0.2, 0.25) is 11.8 Å². The first-order chi connectivity index (χ1) is 20.5. The monoisotopic (exact) mass is 595 g/mol. The number of benzene rings is 2. The van der Waals surface area contributed by atoms with E-state index in [0.29, 0.717) is 12.8 Å². The third-order valence-corrected chi connectivity index (χ3v) is 6.59. The summed E-state index contributed by atoms with van der Waals surface area (Å²) in [6.45, 7) is 15.8. The first kappa shape index (κ1) is 39.0. The lowest BCUT2D eigenvalue weighted by molar-refractivity contribution is -0.127. The molecule has 2 aromatic carbocycles. The topological polar surface area (TPSA) is 153 Å². The molecule has 0 fully saturated rings. The van der Waals surface area contributed by atoms with Crippen molar-refractivity contribution in [1.29, 1.82) is 0 Å². The number of carbonyl (C=O) groups excluding carboxylic acids is 3. The van der Waals surface area contributed by atoms with Crippen LogP contribution < -0.4 is 16.8 Å². The quantitative estimate of drug-likeness (QED) is 0.230. The molecule has 43 heavy (non-hydrogen) atoms. The fourth-order valence-corrected chi connectivity index (χ4v) is 4.23. The average Bonchev–Trinajstić information content (AvgIpc) is 3.50. The molecule has 0 aliphatic rings. The van der Waals surface area contributed by atoms with Gasteiger partial charge in [-0.3, -0.25) is 14.4 Å². The van der Waals surface area contributed by atoms with E-state index in [-0.39, 0.29) is 29.3 Å². The lowest BCUT2D eigenvalue weighted by atomic mass is 9.95. The maximum absolute atomic E-state index is 12.5. The van der Waals surface area contributed by atoms with E-state index >= 15 is 0 Å². The first-order valence-electron chi connectivity index (χ1n) is 15.1. The highest BCUT2D eigenvalue weighted by Crippen LogP contribution is 2.22. The van der Waals surface area contributed by atoms with Crippen LogP contribution in [0.1, 0.15) is 76.6 Å². The fourth-order valence-electron chi connectivity index (χ4n) is 4.23. The van der Waals surface area contributed by atoms with Crippen LogP contribution >= 0.6 is 0 Å². The normalized spacial score (nSPS) is 12.0. The van der Waals surface area contributed by atoms with Gasteiger partial charge in [-0.1, -0.05) is 65.0 Å². The van der Waals surface area contributed by atoms with Crippen LogP contribution in [-0.2, 0) is 33.8 Å². The number of aromatic hydroxyl groups is 1. The first-order valence-corrected chi connectivity index (χ1v) is 15.1. The van der Waals surface area contributed by atoms with Crippen molar-refractivity contribution in [2.75, 3.05) is 0 Å². The minimum atomic E-state index is -0.762. The molecule has 1 unspecified atom stereocenters. The smallest absolute Gasteiger partial charge is 0.237 e. The number of phenols is 1. The molecule has 3 rings (SSSR count). The molecule has 0 aliphatic heterocycles. The van der Waals surface area contributed by atoms with Crippen molar-refractivity contribution in [3.05, 3.63) is 83.4 Å². The van der Waals surface area contributed by atoms with Gasteiger partial charge in [0.05, 0.1) is 18.4 Å². The molecular formula is C34H53N5O4. The van der Waals surface area contributed by atoms with Crippen LogP contribution in [-0.4, -0.2) is 44.3 Å². The summed E-state index contributed by atoms with van der Waals surface area (Å²) in [7, 11) is 0. The van der Waals surface area contributed by atoms with Crippen LogP contribution in [0.2, 0.25) is 0 Å². The Balaban J connectivity index is 0.000000918. The predicted octanol–water partition coefficient (Wildman–Crippen LogP) is 5.03. The number of aromatic nitrogens is 2. The Labute approximate surface area is 258 Å². The summed E-state index contributed by atoms with van der Waals surface area (Å²) >= 11 is 0. The number of rotatable bonds is 12. The molecule has 238 valence electrons. The standard InChI is InChI=1S/C20H28N4O3.C10H13NO.2C2H6/c1-13-9-16(26)10-14(2)17(13)11-18(21)20(27)23-19(15(3)25)5-4-7-24-8-6-22-12-24;1-8(10(11)12)7-9-5-3-2-4-6-9;2*1-2/h6,8-10,12,18-19,26H,4-5,7,11,21H2,1-3H3,(H,23,27);2-6,8H,7H2,1H3,(H2,11,12);2*1-2H3/t18?,19-;8-;;/m10../s1. The Bertz CT molecular complexity index is 1190. The van der Waals surface area contributed by atoms with Crippen LogP contribution in [0, 0.1) is 19.8 Å². The number of hydrogen-bond donors (Lipinski definition) is 4. The Morgan fingerprint density at radius 3 is 2.07 bits per heavy atom. The van der Waals surface area contributed by atoms with Gasteiger partial charge in [-0.15, -0.1) is 0 Å². The largest absolute Gasteiger partial charge is 0.508 e. The Morgan fingerprint density at radius 2 is 1.58 bits per heavy atom. The number of amides is 2. The van der Waals surface area contributed by atoms with Gasteiger partial charge >= 0.3 is 0 Å². The molecule has 1 heterocycles. The van der Waals surface area contributed by atoms with Crippen LogP contribution in [0.15, 0.2) is 61.2 Å². The second-order valence-corrected chi connectivity index (χ2v) is 9.98. The number of primary amides is 1. The molecule has 9 nitrogen and oxygen atoms in total. The number of ketones is 1. The summed E-state index contributed by atoms with van der Waals surface area (Å²) in [5, 5.41) is 12.4. The van der Waals surface area contributed by atoms with E-state index in [1.54, 1.807) is 24.7 Å². The molecule has 3 atom stereocenters. The van der Waals surface area contributed by atoms with Crippen molar-refractivity contribution in [3.63, 3.8) is 0 Å². The third-order valence-electron chi connectivity index (χ3n) is 6.59. The zero-order chi connectivity index (χ0) is 32.9. The van der Waals surface area contributed by atoms with E-state index in [4.69, 9.17) is 11.5 Å². The van der Waals surface area contributed by atoms with Gasteiger partial charge in [0.15, 0.2) is 5.78 Å². The molecule has 0 radical (unpaired) electrons. The Morgan fingerprint density at radius 1 is 1.00 bits per heavy atom. The van der Waals surface area contributed by atoms with Gasteiger partial charge in [0.1, 0.15) is 5.75 Å². The second-order valence-electron chi connectivity index (χ2n) is 9.98. The fraction of sp³-hybridized carbons (Fsp3) is 0.471. The number of aryl methyl sites for hydroxylation is 3. The number of nitrogens with one attached hydrogen (secondary N) is 1. The zero-order valence-electron chi connectivity index (χ0n) is 27.3. The lowest BCUT2D eigenvalue weighted by Crippen LogP contribution is -2.48. The molecule has 3 aromatic rings. The highest BCUT2D eigenvalue weighted by atomic mass is 16.3. The second kappa shape index (κ2) is 21.7. The van der Waals surface area contributed by atoms with Crippen molar-refractivity contribution in [2.24, 2.45) is 17.4 Å². The zero-order valence-corrected chi connectivity index (χ0v) is 27.3. The Kier molecular flexibility index (Phi) is 19.7. The van der Waals surface area contributed by atoms with E-state index in [2.05, 4.69) is 10.3 Å². The van der Waals surface area contributed by atoms with Crippen molar-refractivity contribution >= 4 is 17.6 Å². The van der Waals surface area contributed by atoms with Crippen LogP contribution in [0.25, 0.3) is 0 Å². The SMILES string of the molecule is CC.CC.CC(=O)[C@@H](CCCn1ccnc1)NC(=O)C(N)Cc1c(C)cc(O)cc1C.C[C@@H](Cc1ccccc1)C(N)=O. The number of nitrogens with zero attached hydrogens (tertiary/aromatic N) is 2. The van der Waals surface area contributed by atoms with E-state index < -0.39 is 12.1 Å². The number of imidazole rings is 1. The van der Waals surface area contributed by atoms with Crippen molar-refractivity contribution < 1.29 is 19.5 Å². The van der Waals surface area contributed by atoms with Gasteiger partial charge in [-0.25, -0.2) is 4.98 Å². The van der Waals surface area contributed by atoms with Gasteiger partial charge < -0.3 is 26.5 Å². The summed E-state index contributed by atoms with van der Waals surface area (Å²) in [5.74, 6) is -0.546. The van der Waals surface area contributed by atoms with Crippen molar-refractivity contribution in [2.45, 2.75) is 99.7 Å². The summed E-state index contributed by atoms with van der Waals surface area (Å²) < 4.78 is 1.93. The van der Waals surface area contributed by atoms with E-state index in [9.17, 15) is 19.5 Å². The minimum Gasteiger partial charge on any atom is -0.508 e. The predicted molar refractivity (Wildman–Crippen MR) is 175 cm³/mol. The van der Waals surface area contributed by atoms with E-state index in [1.165, 1.54) is 6.92 Å². The maximum Gasteiger partial charge on any atom is 0.237 e. The third kappa shape index (κ3) is 15.2. The molecule has 9 heteroatoms. The van der Waals surface area contributed by atoms with Crippen LogP contribution in [0.4, 0.5) is 0 Å².